The first-order chi connectivity index (χ1) is 14.7. The highest BCUT2D eigenvalue weighted by Gasteiger charge is 2.04. The van der Waals surface area contributed by atoms with Crippen LogP contribution >= 0.6 is 0 Å². The van der Waals surface area contributed by atoms with Crippen LogP contribution in [-0.2, 0) is 11.2 Å². The summed E-state index contributed by atoms with van der Waals surface area (Å²) >= 11 is 0. The number of amides is 1. The number of aryl methyl sites for hydroxylation is 1. The molecule has 0 spiro atoms. The SMILES string of the molecule is COc1ccc(/C=C/C(=O)NCCCNCCCc2ccc(OC)c(OC)c2)cc1. The molecule has 6 heteroatoms. The van der Waals surface area contributed by atoms with Crippen LogP contribution in [0.5, 0.6) is 17.2 Å². The lowest BCUT2D eigenvalue weighted by molar-refractivity contribution is -0.116. The van der Waals surface area contributed by atoms with E-state index in [1.807, 2.05) is 36.4 Å². The van der Waals surface area contributed by atoms with Crippen molar-refractivity contribution in [2.24, 2.45) is 0 Å². The molecule has 6 nitrogen and oxygen atoms in total. The molecule has 0 aliphatic heterocycles. The molecule has 0 atom stereocenters. The molecular formula is C24H32N2O4. The van der Waals surface area contributed by atoms with Gasteiger partial charge in [-0.1, -0.05) is 18.2 Å². The van der Waals surface area contributed by atoms with E-state index in [4.69, 9.17) is 14.2 Å². The van der Waals surface area contributed by atoms with Crippen molar-refractivity contribution in [1.29, 1.82) is 0 Å². The second kappa shape index (κ2) is 13.3. The molecule has 0 heterocycles. The number of carbonyl (C=O) groups excluding carboxylic acids is 1. The Hall–Kier alpha value is -2.99. The zero-order chi connectivity index (χ0) is 21.6. The van der Waals surface area contributed by atoms with Crippen molar-refractivity contribution in [2.45, 2.75) is 19.3 Å². The Morgan fingerprint density at radius 3 is 2.30 bits per heavy atom. The number of nitrogens with one attached hydrogen (secondary N) is 2. The molecule has 0 aromatic heterocycles. The number of ether oxygens (including phenoxy) is 3. The third kappa shape index (κ3) is 8.17. The van der Waals surface area contributed by atoms with Crippen molar-refractivity contribution in [3.05, 3.63) is 59.7 Å². The minimum Gasteiger partial charge on any atom is -0.497 e. The lowest BCUT2D eigenvalue weighted by atomic mass is 10.1. The second-order valence-electron chi connectivity index (χ2n) is 6.79. The van der Waals surface area contributed by atoms with Gasteiger partial charge in [0, 0.05) is 12.6 Å². The fourth-order valence-corrected chi connectivity index (χ4v) is 2.95. The van der Waals surface area contributed by atoms with Gasteiger partial charge >= 0.3 is 0 Å². The van der Waals surface area contributed by atoms with Crippen LogP contribution in [0.15, 0.2) is 48.5 Å². The molecule has 2 rings (SSSR count). The van der Waals surface area contributed by atoms with Crippen molar-refractivity contribution in [3.8, 4) is 17.2 Å². The van der Waals surface area contributed by atoms with Crippen LogP contribution in [0, 0.1) is 0 Å². The number of hydrogen-bond acceptors (Lipinski definition) is 5. The molecule has 1 amide bonds. The monoisotopic (exact) mass is 412 g/mol. The molecule has 0 fully saturated rings. The van der Waals surface area contributed by atoms with E-state index in [2.05, 4.69) is 16.7 Å². The van der Waals surface area contributed by atoms with E-state index in [0.29, 0.717) is 6.54 Å². The number of rotatable bonds is 13. The Kier molecular flexibility index (Phi) is 10.3. The molecule has 0 aliphatic rings. The quantitative estimate of drug-likeness (QED) is 0.390. The fraction of sp³-hybridized carbons (Fsp3) is 0.375. The van der Waals surface area contributed by atoms with E-state index in [1.165, 1.54) is 5.56 Å². The van der Waals surface area contributed by atoms with Crippen LogP contribution in [0.1, 0.15) is 24.0 Å². The highest BCUT2D eigenvalue weighted by atomic mass is 16.5. The molecule has 0 bridgehead atoms. The smallest absolute Gasteiger partial charge is 0.243 e. The Morgan fingerprint density at radius 2 is 1.60 bits per heavy atom. The predicted octanol–water partition coefficient (Wildman–Crippen LogP) is 3.45. The van der Waals surface area contributed by atoms with Crippen molar-refractivity contribution in [1.82, 2.24) is 10.6 Å². The van der Waals surface area contributed by atoms with Crippen LogP contribution in [0.3, 0.4) is 0 Å². The summed E-state index contributed by atoms with van der Waals surface area (Å²) in [6.07, 6.45) is 6.24. The third-order valence-electron chi connectivity index (χ3n) is 4.64. The maximum absolute atomic E-state index is 11.9. The maximum Gasteiger partial charge on any atom is 0.243 e. The van der Waals surface area contributed by atoms with Gasteiger partial charge < -0.3 is 24.8 Å². The number of hydrogen-bond donors (Lipinski definition) is 2. The average molecular weight is 413 g/mol. The Labute approximate surface area is 179 Å². The van der Waals surface area contributed by atoms with Gasteiger partial charge in [0.15, 0.2) is 11.5 Å². The molecule has 2 aromatic carbocycles. The Balaban J connectivity index is 1.54. The minimum atomic E-state index is -0.0840. The van der Waals surface area contributed by atoms with Crippen LogP contribution in [0.4, 0.5) is 0 Å². The zero-order valence-electron chi connectivity index (χ0n) is 18.1. The second-order valence-corrected chi connectivity index (χ2v) is 6.79. The van der Waals surface area contributed by atoms with Gasteiger partial charge in [-0.05, 0) is 73.8 Å². The molecule has 30 heavy (non-hydrogen) atoms. The molecule has 2 N–H and O–H groups in total. The highest BCUT2D eigenvalue weighted by molar-refractivity contribution is 5.91. The zero-order valence-corrected chi connectivity index (χ0v) is 18.1. The third-order valence-corrected chi connectivity index (χ3v) is 4.64. The van der Waals surface area contributed by atoms with Gasteiger partial charge in [-0.2, -0.15) is 0 Å². The van der Waals surface area contributed by atoms with E-state index in [9.17, 15) is 4.79 Å². The van der Waals surface area contributed by atoms with Gasteiger partial charge in [-0.15, -0.1) is 0 Å². The number of carbonyl (C=O) groups is 1. The Bertz CT molecular complexity index is 803. The van der Waals surface area contributed by atoms with Gasteiger partial charge in [0.05, 0.1) is 21.3 Å². The molecule has 0 aliphatic carbocycles. The summed E-state index contributed by atoms with van der Waals surface area (Å²) in [5.41, 5.74) is 2.19. The lowest BCUT2D eigenvalue weighted by Crippen LogP contribution is -2.26. The van der Waals surface area contributed by atoms with Gasteiger partial charge in [-0.25, -0.2) is 0 Å². The summed E-state index contributed by atoms with van der Waals surface area (Å²) in [5.74, 6) is 2.23. The molecule has 0 saturated heterocycles. The molecule has 0 radical (unpaired) electrons. The number of methoxy groups -OCH3 is 3. The molecule has 0 unspecified atom stereocenters. The van der Waals surface area contributed by atoms with Gasteiger partial charge in [0.25, 0.3) is 0 Å². The van der Waals surface area contributed by atoms with Crippen molar-refractivity contribution < 1.29 is 19.0 Å². The fourth-order valence-electron chi connectivity index (χ4n) is 2.95. The van der Waals surface area contributed by atoms with Gasteiger partial charge in [-0.3, -0.25) is 4.79 Å². The van der Waals surface area contributed by atoms with Gasteiger partial charge in [0.1, 0.15) is 5.75 Å². The molecule has 0 saturated carbocycles. The Morgan fingerprint density at radius 1 is 0.867 bits per heavy atom. The standard InChI is InChI=1S/C24H32N2O4/c1-28-21-11-7-19(8-12-21)10-14-24(27)26-17-5-16-25-15-4-6-20-9-13-22(29-2)23(18-20)30-3/h7-14,18,25H,4-6,15-17H2,1-3H3,(H,26,27)/b14-10+. The van der Waals surface area contributed by atoms with Gasteiger partial charge in [0.2, 0.25) is 5.91 Å². The summed E-state index contributed by atoms with van der Waals surface area (Å²) in [5, 5.41) is 6.31. The summed E-state index contributed by atoms with van der Waals surface area (Å²) in [4.78, 5) is 11.9. The van der Waals surface area contributed by atoms with E-state index in [-0.39, 0.29) is 5.91 Å². The van der Waals surface area contributed by atoms with E-state index in [1.54, 1.807) is 33.5 Å². The van der Waals surface area contributed by atoms with Crippen molar-refractivity contribution in [2.75, 3.05) is 41.0 Å². The molecular weight excluding hydrogens is 380 g/mol. The summed E-state index contributed by atoms with van der Waals surface area (Å²) in [7, 11) is 4.92. The van der Waals surface area contributed by atoms with Crippen LogP contribution in [0.25, 0.3) is 6.08 Å². The summed E-state index contributed by atoms with van der Waals surface area (Å²) in [6.45, 7) is 2.45. The van der Waals surface area contributed by atoms with E-state index >= 15 is 0 Å². The molecule has 162 valence electrons. The lowest BCUT2D eigenvalue weighted by Gasteiger charge is -2.10. The van der Waals surface area contributed by atoms with Crippen LogP contribution < -0.4 is 24.8 Å². The predicted molar refractivity (Wildman–Crippen MR) is 120 cm³/mol. The average Bonchev–Trinajstić information content (AvgIpc) is 2.79. The summed E-state index contributed by atoms with van der Waals surface area (Å²) < 4.78 is 15.7. The first kappa shape index (κ1) is 23.3. The van der Waals surface area contributed by atoms with Crippen LogP contribution in [0.2, 0.25) is 0 Å². The first-order valence-corrected chi connectivity index (χ1v) is 10.2. The summed E-state index contributed by atoms with van der Waals surface area (Å²) in [6, 6.07) is 13.6. The van der Waals surface area contributed by atoms with Crippen molar-refractivity contribution >= 4 is 12.0 Å². The maximum atomic E-state index is 11.9. The van der Waals surface area contributed by atoms with E-state index < -0.39 is 0 Å². The van der Waals surface area contributed by atoms with Crippen molar-refractivity contribution in [3.63, 3.8) is 0 Å². The highest BCUT2D eigenvalue weighted by Crippen LogP contribution is 2.27. The largest absolute Gasteiger partial charge is 0.497 e. The molecule has 2 aromatic rings. The number of benzene rings is 2. The topological polar surface area (TPSA) is 68.8 Å². The normalized spacial score (nSPS) is 10.8. The van der Waals surface area contributed by atoms with Crippen LogP contribution in [-0.4, -0.2) is 46.9 Å². The first-order valence-electron chi connectivity index (χ1n) is 10.2. The minimum absolute atomic E-state index is 0.0840. The van der Waals surface area contributed by atoms with E-state index in [0.717, 1.165) is 55.2 Å².